The van der Waals surface area contributed by atoms with Gasteiger partial charge in [-0.15, -0.1) is 0 Å². The number of carbonyl (C=O) groups excluding carboxylic acids is 1. The van der Waals surface area contributed by atoms with Crippen LogP contribution >= 0.6 is 15.9 Å². The molecule has 0 unspecified atom stereocenters. The van der Waals surface area contributed by atoms with E-state index in [-0.39, 0.29) is 17.9 Å². The highest BCUT2D eigenvalue weighted by molar-refractivity contribution is 9.08. The maximum atomic E-state index is 12.3. The van der Waals surface area contributed by atoms with Crippen LogP contribution < -0.4 is 10.1 Å². The van der Waals surface area contributed by atoms with Gasteiger partial charge in [-0.3, -0.25) is 14.9 Å². The molecule has 2 atom stereocenters. The van der Waals surface area contributed by atoms with Crippen LogP contribution in [0.3, 0.4) is 0 Å². The molecule has 3 aromatic rings. The summed E-state index contributed by atoms with van der Waals surface area (Å²) in [6.45, 7) is 1.22. The monoisotopic (exact) mass is 568 g/mol. The smallest absolute Gasteiger partial charge is 0.471 e. The van der Waals surface area contributed by atoms with Gasteiger partial charge in [0.05, 0.1) is 17.1 Å². The van der Waals surface area contributed by atoms with Crippen molar-refractivity contribution in [2.24, 2.45) is 0 Å². The van der Waals surface area contributed by atoms with Crippen LogP contribution in [0.2, 0.25) is 0 Å². The van der Waals surface area contributed by atoms with Gasteiger partial charge in [0.15, 0.2) is 5.75 Å². The quantitative estimate of drug-likeness (QED) is 0.201. The molecule has 0 bridgehead atoms. The first-order chi connectivity index (χ1) is 17.0. The summed E-state index contributed by atoms with van der Waals surface area (Å²) in [5, 5.41) is 24.0. The first-order valence-corrected chi connectivity index (χ1v) is 11.8. The molecule has 1 amide bonds. The lowest BCUT2D eigenvalue weighted by molar-refractivity contribution is -0.386. The second kappa shape index (κ2) is 13.6. The average Bonchev–Trinajstić information content (AvgIpc) is 2.87. The van der Waals surface area contributed by atoms with Gasteiger partial charge >= 0.3 is 17.8 Å². The van der Waals surface area contributed by atoms with Gasteiger partial charge in [-0.1, -0.05) is 82.7 Å². The summed E-state index contributed by atoms with van der Waals surface area (Å²) in [4.78, 5) is 21.6. The molecule has 0 saturated heterocycles. The van der Waals surface area contributed by atoms with Crippen molar-refractivity contribution in [1.29, 1.82) is 0 Å². The van der Waals surface area contributed by atoms with E-state index in [4.69, 9.17) is 4.74 Å². The van der Waals surface area contributed by atoms with Crippen LogP contribution in [0.4, 0.5) is 18.9 Å². The molecule has 0 aliphatic carbocycles. The molecule has 36 heavy (non-hydrogen) atoms. The number of hydrogen-bond donors (Lipinski definition) is 2. The molecule has 11 heteroatoms. The van der Waals surface area contributed by atoms with E-state index in [1.165, 1.54) is 17.7 Å². The van der Waals surface area contributed by atoms with Crippen molar-refractivity contribution < 1.29 is 32.7 Å². The van der Waals surface area contributed by atoms with Crippen LogP contribution in [0, 0.1) is 10.1 Å². The van der Waals surface area contributed by atoms with E-state index in [1.54, 1.807) is 35.6 Å². The molecular formula is C25H24BrF3N2O5. The Morgan fingerprint density at radius 2 is 1.61 bits per heavy atom. The van der Waals surface area contributed by atoms with Gasteiger partial charge < -0.3 is 15.2 Å². The van der Waals surface area contributed by atoms with Gasteiger partial charge in [-0.25, -0.2) is 0 Å². The Hall–Kier alpha value is -3.44. The molecule has 192 valence electrons. The van der Waals surface area contributed by atoms with E-state index < -0.39 is 34.8 Å². The van der Waals surface area contributed by atoms with Crippen LogP contribution in [0.25, 0.3) is 0 Å². The lowest BCUT2D eigenvalue weighted by Gasteiger charge is -2.21. The number of benzene rings is 3. The minimum absolute atomic E-state index is 0.0336. The van der Waals surface area contributed by atoms with Crippen molar-refractivity contribution in [2.45, 2.75) is 37.2 Å². The van der Waals surface area contributed by atoms with Gasteiger partial charge in [0.1, 0.15) is 6.61 Å². The van der Waals surface area contributed by atoms with Crippen molar-refractivity contribution in [3.05, 3.63) is 106 Å². The van der Waals surface area contributed by atoms with Gasteiger partial charge in [-0.2, -0.15) is 13.2 Å². The fourth-order valence-electron chi connectivity index (χ4n) is 2.94. The van der Waals surface area contributed by atoms with E-state index in [9.17, 15) is 33.2 Å². The highest BCUT2D eigenvalue weighted by Gasteiger charge is 2.40. The number of aliphatic hydroxyl groups is 1. The zero-order valence-electron chi connectivity index (χ0n) is 19.1. The van der Waals surface area contributed by atoms with E-state index in [2.05, 4.69) is 28.1 Å². The standard InChI is InChI=1S/C18H17F3N2O5.C7H7Br/c1-11(22-17(25)18(19,20)21)16(24)13-7-8-15(14(9-13)23(26)27)28-10-12-5-3-2-4-6-12;8-6-7-4-2-1-3-5-7/h2-9,11,16,24H,10H2,1H3,(H,22,25);1-5H,6H2/t11-,16-;/m0./s1. The number of rotatable bonds is 8. The Bertz CT molecular complexity index is 1130. The number of nitro benzene ring substituents is 1. The maximum Gasteiger partial charge on any atom is 0.471 e. The highest BCUT2D eigenvalue weighted by atomic mass is 79.9. The molecule has 3 aromatic carbocycles. The Morgan fingerprint density at radius 1 is 1.06 bits per heavy atom. The molecule has 0 aliphatic rings. The molecular weight excluding hydrogens is 545 g/mol. The first-order valence-electron chi connectivity index (χ1n) is 10.6. The zero-order valence-corrected chi connectivity index (χ0v) is 20.7. The summed E-state index contributed by atoms with van der Waals surface area (Å²) in [7, 11) is 0. The minimum Gasteiger partial charge on any atom is -0.482 e. The predicted molar refractivity (Wildman–Crippen MR) is 132 cm³/mol. The van der Waals surface area contributed by atoms with E-state index in [0.717, 1.165) is 23.9 Å². The summed E-state index contributed by atoms with van der Waals surface area (Å²) in [5.41, 5.74) is 1.62. The molecule has 0 heterocycles. The average molecular weight is 569 g/mol. The first kappa shape index (κ1) is 28.8. The molecule has 0 spiro atoms. The lowest BCUT2D eigenvalue weighted by atomic mass is 10.0. The van der Waals surface area contributed by atoms with Crippen molar-refractivity contribution in [1.82, 2.24) is 5.32 Å². The summed E-state index contributed by atoms with van der Waals surface area (Å²) in [6, 6.07) is 21.4. The van der Waals surface area contributed by atoms with Crippen LogP contribution in [0.5, 0.6) is 5.75 Å². The second-order valence-corrected chi connectivity index (χ2v) is 8.14. The fraction of sp³-hybridized carbons (Fsp3) is 0.240. The summed E-state index contributed by atoms with van der Waals surface area (Å²) in [5.74, 6) is -2.27. The number of ether oxygens (including phenoxy) is 1. The Kier molecular flexibility index (Phi) is 10.9. The molecule has 0 saturated carbocycles. The zero-order chi connectivity index (χ0) is 26.7. The topological polar surface area (TPSA) is 102 Å². The van der Waals surface area contributed by atoms with E-state index >= 15 is 0 Å². The number of alkyl halides is 4. The molecule has 0 aromatic heterocycles. The number of halogens is 4. The molecule has 7 nitrogen and oxygen atoms in total. The number of nitrogens with one attached hydrogen (secondary N) is 1. The second-order valence-electron chi connectivity index (χ2n) is 7.58. The lowest BCUT2D eigenvalue weighted by Crippen LogP contribution is -2.44. The maximum absolute atomic E-state index is 12.3. The van der Waals surface area contributed by atoms with Crippen molar-refractivity contribution in [3.8, 4) is 5.75 Å². The number of amides is 1. The molecule has 0 aliphatic heterocycles. The summed E-state index contributed by atoms with van der Waals surface area (Å²) in [6.07, 6.45) is -6.69. The highest BCUT2D eigenvalue weighted by Crippen LogP contribution is 2.32. The third-order valence-corrected chi connectivity index (χ3v) is 5.49. The van der Waals surface area contributed by atoms with Gasteiger partial charge in [0.25, 0.3) is 0 Å². The number of nitrogens with zero attached hydrogens (tertiary/aromatic N) is 1. The van der Waals surface area contributed by atoms with E-state index in [0.29, 0.717) is 0 Å². The van der Waals surface area contributed by atoms with Crippen LogP contribution in [0.15, 0.2) is 78.9 Å². The van der Waals surface area contributed by atoms with Crippen LogP contribution in [0.1, 0.15) is 29.7 Å². The van der Waals surface area contributed by atoms with Crippen LogP contribution in [-0.2, 0) is 16.7 Å². The van der Waals surface area contributed by atoms with Crippen molar-refractivity contribution >= 4 is 27.5 Å². The van der Waals surface area contributed by atoms with Gasteiger partial charge in [0.2, 0.25) is 0 Å². The SMILES string of the molecule is BrCc1ccccc1.C[C@H](NC(=O)C(F)(F)F)[C@H](O)c1ccc(OCc2ccccc2)c([N+](=O)[O-])c1. The Labute approximate surface area is 214 Å². The number of hydrogen-bond acceptors (Lipinski definition) is 5. The largest absolute Gasteiger partial charge is 0.482 e. The summed E-state index contributed by atoms with van der Waals surface area (Å²) < 4.78 is 42.4. The van der Waals surface area contributed by atoms with Crippen molar-refractivity contribution in [3.63, 3.8) is 0 Å². The fourth-order valence-corrected chi connectivity index (χ4v) is 3.32. The summed E-state index contributed by atoms with van der Waals surface area (Å²) >= 11 is 3.36. The van der Waals surface area contributed by atoms with Crippen LogP contribution in [-0.4, -0.2) is 28.2 Å². The third kappa shape index (κ3) is 8.97. The van der Waals surface area contributed by atoms with Gasteiger partial charge in [-0.05, 0) is 29.7 Å². The minimum atomic E-state index is -5.10. The molecule has 2 N–H and O–H groups in total. The van der Waals surface area contributed by atoms with E-state index in [1.807, 2.05) is 18.2 Å². The normalized spacial score (nSPS) is 12.5. The number of aliphatic hydroxyl groups excluding tert-OH is 1. The predicted octanol–water partition coefficient (Wildman–Crippen LogP) is 5.86. The molecule has 3 rings (SSSR count). The number of nitro groups is 1. The molecule has 0 fully saturated rings. The Morgan fingerprint density at radius 3 is 2.08 bits per heavy atom. The van der Waals surface area contributed by atoms with Crippen molar-refractivity contribution in [2.75, 3.05) is 0 Å². The number of carbonyl (C=O) groups is 1. The Balaban J connectivity index is 0.000000482. The molecule has 0 radical (unpaired) electrons. The third-order valence-electron chi connectivity index (χ3n) is 4.85. The van der Waals surface area contributed by atoms with Gasteiger partial charge in [0, 0.05) is 11.4 Å².